The van der Waals surface area contributed by atoms with Gasteiger partial charge in [0.15, 0.2) is 0 Å². The molecule has 13 heavy (non-hydrogen) atoms. The minimum atomic E-state index is 0.139. The molecular weight excluding hydrogens is 203 g/mol. The highest BCUT2D eigenvalue weighted by molar-refractivity contribution is 6.30. The molecule has 0 heterocycles. The summed E-state index contributed by atoms with van der Waals surface area (Å²) in [5.74, 6) is 0. The number of halogens is 2. The lowest BCUT2D eigenvalue weighted by Crippen LogP contribution is -1.99. The molecule has 0 nitrogen and oxygen atoms in total. The first-order chi connectivity index (χ1) is 6.18. The lowest BCUT2D eigenvalue weighted by Gasteiger charge is -2.05. The van der Waals surface area contributed by atoms with Crippen molar-refractivity contribution in [1.82, 2.24) is 0 Å². The first-order valence-electron chi connectivity index (χ1n) is 4.61. The standard InChI is InChI=1S/C11H12Cl2/c12-10-3-1-9(2-4-10)5-6-11(13)7-8-11/h1-4H,5-8H2. The zero-order valence-corrected chi connectivity index (χ0v) is 8.91. The lowest BCUT2D eigenvalue weighted by molar-refractivity contribution is 0.760. The molecule has 1 fully saturated rings. The summed E-state index contributed by atoms with van der Waals surface area (Å²) in [5, 5.41) is 0.802. The highest BCUT2D eigenvalue weighted by atomic mass is 35.5. The van der Waals surface area contributed by atoms with Crippen LogP contribution in [0.5, 0.6) is 0 Å². The van der Waals surface area contributed by atoms with Crippen molar-refractivity contribution in [3.8, 4) is 0 Å². The molecule has 2 rings (SSSR count). The van der Waals surface area contributed by atoms with Crippen molar-refractivity contribution in [3.63, 3.8) is 0 Å². The first-order valence-corrected chi connectivity index (χ1v) is 5.37. The maximum absolute atomic E-state index is 6.20. The number of aryl methyl sites for hydroxylation is 1. The Morgan fingerprint density at radius 1 is 1.15 bits per heavy atom. The molecule has 1 aliphatic carbocycles. The Labute approximate surface area is 88.9 Å². The van der Waals surface area contributed by atoms with Crippen LogP contribution in [0.3, 0.4) is 0 Å². The van der Waals surface area contributed by atoms with E-state index in [0.29, 0.717) is 0 Å². The number of alkyl halides is 1. The second kappa shape index (κ2) is 3.51. The summed E-state index contributed by atoms with van der Waals surface area (Å²) >= 11 is 12.0. The SMILES string of the molecule is Clc1ccc(CCC2(Cl)CC2)cc1. The first kappa shape index (κ1) is 9.36. The van der Waals surface area contributed by atoms with Gasteiger partial charge >= 0.3 is 0 Å². The van der Waals surface area contributed by atoms with Gasteiger partial charge in [-0.3, -0.25) is 0 Å². The molecular formula is C11H12Cl2. The largest absolute Gasteiger partial charge is 0.119 e. The third-order valence-electron chi connectivity index (χ3n) is 2.57. The van der Waals surface area contributed by atoms with Crippen LogP contribution >= 0.6 is 23.2 Å². The van der Waals surface area contributed by atoms with Crippen LogP contribution in [0.1, 0.15) is 24.8 Å². The lowest BCUT2D eigenvalue weighted by atomic mass is 10.1. The summed E-state index contributed by atoms with van der Waals surface area (Å²) in [7, 11) is 0. The Balaban J connectivity index is 1.91. The van der Waals surface area contributed by atoms with Crippen molar-refractivity contribution >= 4 is 23.2 Å². The summed E-state index contributed by atoms with van der Waals surface area (Å²) in [4.78, 5) is 0.139. The Morgan fingerprint density at radius 3 is 2.31 bits per heavy atom. The Bertz CT molecular complexity index is 285. The average molecular weight is 215 g/mol. The molecule has 1 aliphatic rings. The molecule has 0 radical (unpaired) electrons. The van der Waals surface area contributed by atoms with Crippen LogP contribution in [0.4, 0.5) is 0 Å². The van der Waals surface area contributed by atoms with Gasteiger partial charge in [0.2, 0.25) is 0 Å². The topological polar surface area (TPSA) is 0 Å². The summed E-state index contributed by atoms with van der Waals surface area (Å²) in [6.45, 7) is 0. The van der Waals surface area contributed by atoms with Gasteiger partial charge < -0.3 is 0 Å². The molecule has 0 amide bonds. The predicted octanol–water partition coefficient (Wildman–Crippen LogP) is 4.04. The Kier molecular flexibility index (Phi) is 2.53. The molecule has 0 saturated heterocycles. The van der Waals surface area contributed by atoms with Gasteiger partial charge in [0.1, 0.15) is 0 Å². The van der Waals surface area contributed by atoms with Gasteiger partial charge in [-0.25, -0.2) is 0 Å². The van der Waals surface area contributed by atoms with Gasteiger partial charge in [0, 0.05) is 9.90 Å². The van der Waals surface area contributed by atoms with Gasteiger partial charge in [0.05, 0.1) is 0 Å². The number of hydrogen-bond donors (Lipinski definition) is 0. The molecule has 0 unspecified atom stereocenters. The number of rotatable bonds is 3. The van der Waals surface area contributed by atoms with Crippen molar-refractivity contribution in [2.24, 2.45) is 0 Å². The molecule has 0 aromatic heterocycles. The monoisotopic (exact) mass is 214 g/mol. The van der Waals surface area contributed by atoms with E-state index in [-0.39, 0.29) is 4.87 Å². The Morgan fingerprint density at radius 2 is 1.77 bits per heavy atom. The van der Waals surface area contributed by atoms with E-state index in [0.717, 1.165) is 17.9 Å². The summed E-state index contributed by atoms with van der Waals surface area (Å²) in [6, 6.07) is 8.02. The molecule has 1 aromatic carbocycles. The van der Waals surface area contributed by atoms with Crippen LogP contribution in [0, 0.1) is 0 Å². The number of benzene rings is 1. The molecule has 1 saturated carbocycles. The fourth-order valence-electron chi connectivity index (χ4n) is 1.41. The summed E-state index contributed by atoms with van der Waals surface area (Å²) in [6.07, 6.45) is 4.53. The van der Waals surface area contributed by atoms with E-state index < -0.39 is 0 Å². The van der Waals surface area contributed by atoms with Crippen LogP contribution in [0.15, 0.2) is 24.3 Å². The molecule has 0 bridgehead atoms. The molecule has 0 spiro atoms. The van der Waals surface area contributed by atoms with Crippen LogP contribution in [0.2, 0.25) is 5.02 Å². The van der Waals surface area contributed by atoms with Crippen molar-refractivity contribution in [2.45, 2.75) is 30.6 Å². The summed E-state index contributed by atoms with van der Waals surface area (Å²) in [5.41, 5.74) is 1.33. The molecule has 70 valence electrons. The zero-order chi connectivity index (χ0) is 9.31. The van der Waals surface area contributed by atoms with E-state index in [2.05, 4.69) is 12.1 Å². The molecule has 0 N–H and O–H groups in total. The Hall–Kier alpha value is -0.200. The third kappa shape index (κ3) is 2.62. The second-order valence-electron chi connectivity index (χ2n) is 3.78. The maximum Gasteiger partial charge on any atom is 0.0451 e. The molecule has 2 heteroatoms. The highest BCUT2D eigenvalue weighted by Gasteiger charge is 2.39. The normalized spacial score (nSPS) is 18.6. The van der Waals surface area contributed by atoms with E-state index in [9.17, 15) is 0 Å². The van der Waals surface area contributed by atoms with Gasteiger partial charge in [-0.1, -0.05) is 23.7 Å². The average Bonchev–Trinajstić information content (AvgIpc) is 2.84. The van der Waals surface area contributed by atoms with Crippen LogP contribution < -0.4 is 0 Å². The summed E-state index contributed by atoms with van der Waals surface area (Å²) < 4.78 is 0. The highest BCUT2D eigenvalue weighted by Crippen LogP contribution is 2.46. The van der Waals surface area contributed by atoms with E-state index in [1.165, 1.54) is 18.4 Å². The van der Waals surface area contributed by atoms with E-state index >= 15 is 0 Å². The number of hydrogen-bond acceptors (Lipinski definition) is 0. The quantitative estimate of drug-likeness (QED) is 0.667. The van der Waals surface area contributed by atoms with Gasteiger partial charge in [0.25, 0.3) is 0 Å². The van der Waals surface area contributed by atoms with E-state index in [4.69, 9.17) is 23.2 Å². The van der Waals surface area contributed by atoms with Gasteiger partial charge in [-0.2, -0.15) is 0 Å². The molecule has 1 aromatic rings. The van der Waals surface area contributed by atoms with Crippen LogP contribution in [-0.4, -0.2) is 4.87 Å². The maximum atomic E-state index is 6.20. The molecule has 0 aliphatic heterocycles. The third-order valence-corrected chi connectivity index (χ3v) is 3.39. The second-order valence-corrected chi connectivity index (χ2v) is 5.02. The van der Waals surface area contributed by atoms with Crippen LogP contribution in [0.25, 0.3) is 0 Å². The van der Waals surface area contributed by atoms with E-state index in [1.807, 2.05) is 12.1 Å². The van der Waals surface area contributed by atoms with Crippen molar-refractivity contribution < 1.29 is 0 Å². The smallest absolute Gasteiger partial charge is 0.0451 e. The zero-order valence-electron chi connectivity index (χ0n) is 7.39. The molecule has 0 atom stereocenters. The van der Waals surface area contributed by atoms with Crippen molar-refractivity contribution in [3.05, 3.63) is 34.9 Å². The van der Waals surface area contributed by atoms with Crippen molar-refractivity contribution in [1.29, 1.82) is 0 Å². The fourth-order valence-corrected chi connectivity index (χ4v) is 1.72. The van der Waals surface area contributed by atoms with E-state index in [1.54, 1.807) is 0 Å². The minimum absolute atomic E-state index is 0.139. The van der Waals surface area contributed by atoms with Gasteiger partial charge in [-0.15, -0.1) is 11.6 Å². The van der Waals surface area contributed by atoms with Crippen molar-refractivity contribution in [2.75, 3.05) is 0 Å². The minimum Gasteiger partial charge on any atom is -0.119 e. The fraction of sp³-hybridized carbons (Fsp3) is 0.455. The predicted molar refractivity (Wildman–Crippen MR) is 57.6 cm³/mol. The van der Waals surface area contributed by atoms with Gasteiger partial charge in [-0.05, 0) is 43.4 Å². The van der Waals surface area contributed by atoms with Crippen LogP contribution in [-0.2, 0) is 6.42 Å².